The zero-order chi connectivity index (χ0) is 27.8. The van der Waals surface area contributed by atoms with Crippen molar-refractivity contribution in [3.8, 4) is 0 Å². The third-order valence-corrected chi connectivity index (χ3v) is 10.0. The number of methoxy groups -OCH3 is 1. The van der Waals surface area contributed by atoms with Crippen LogP contribution < -0.4 is 0 Å². The van der Waals surface area contributed by atoms with E-state index in [0.29, 0.717) is 23.4 Å². The van der Waals surface area contributed by atoms with Crippen molar-refractivity contribution in [2.24, 2.45) is 23.7 Å². The Morgan fingerprint density at radius 3 is 2.60 bits per heavy atom. The molecule has 1 aromatic carbocycles. The summed E-state index contributed by atoms with van der Waals surface area (Å²) >= 11 is 0. The van der Waals surface area contributed by atoms with Gasteiger partial charge in [-0.15, -0.1) is 0 Å². The number of carbonyl (C=O) groups is 1. The number of hydrogen-bond acceptors (Lipinski definition) is 7. The molecule has 0 aromatic heterocycles. The first kappa shape index (κ1) is 27.6. The molecule has 6 rings (SSSR count). The number of cyclic esters (lactones) is 1. The van der Waals surface area contributed by atoms with Crippen molar-refractivity contribution < 1.29 is 29.2 Å². The van der Waals surface area contributed by atoms with E-state index in [4.69, 9.17) is 14.2 Å². The predicted molar refractivity (Wildman–Crippen MR) is 150 cm³/mol. The SMILES string of the molecule is COC1=C(CO)C(=O)OC1=C1OC2=CCCN3[C@H](C[C@H](Cc4ccccc4)C[C@H]3[C@@H](O)CC3CCCC3)[C@@H]2[C@H]1C. The fraction of sp³-hybridized carbons (Fsp3) is 0.606. The molecule has 1 aromatic rings. The van der Waals surface area contributed by atoms with Crippen molar-refractivity contribution in [1.29, 1.82) is 0 Å². The Morgan fingerprint density at radius 1 is 1.10 bits per heavy atom. The highest BCUT2D eigenvalue weighted by molar-refractivity contribution is 5.94. The molecule has 0 bridgehead atoms. The van der Waals surface area contributed by atoms with E-state index in [-0.39, 0.29) is 41.4 Å². The Morgan fingerprint density at radius 2 is 1.88 bits per heavy atom. The van der Waals surface area contributed by atoms with E-state index in [0.717, 1.165) is 44.4 Å². The van der Waals surface area contributed by atoms with E-state index in [1.807, 2.05) is 0 Å². The molecule has 0 amide bonds. The molecule has 4 heterocycles. The van der Waals surface area contributed by atoms with Gasteiger partial charge in [0.1, 0.15) is 11.3 Å². The highest BCUT2D eigenvalue weighted by Gasteiger charge is 2.51. The van der Waals surface area contributed by atoms with Crippen LogP contribution in [0, 0.1) is 23.7 Å². The minimum absolute atomic E-state index is 0.0501. The lowest BCUT2D eigenvalue weighted by Gasteiger charge is -2.49. The van der Waals surface area contributed by atoms with Gasteiger partial charge in [-0.1, -0.05) is 62.9 Å². The molecular formula is C33H43NO6. The quantitative estimate of drug-likeness (QED) is 0.470. The number of hydrogen-bond donors (Lipinski definition) is 2. The van der Waals surface area contributed by atoms with Gasteiger partial charge in [0, 0.05) is 30.5 Å². The average Bonchev–Trinajstić information content (AvgIpc) is 3.63. The third kappa shape index (κ3) is 5.12. The van der Waals surface area contributed by atoms with E-state index < -0.39 is 12.6 Å². The summed E-state index contributed by atoms with van der Waals surface area (Å²) in [6, 6.07) is 11.0. The number of fused-ring (bicyclic) bond motifs is 3. The standard InChI is InChI=1S/C33H43NO6/c1-20-29-26-17-23(15-21-9-4-3-5-10-21)16-25(27(36)18-22-11-6-7-12-22)34(26)14-8-13-28(29)39-30(20)32-31(38-2)24(19-35)33(37)40-32/h3-5,9-10,13,20,22-23,25-27,29,35-36H,6-8,11-12,14-19H2,1-2H3/t20-,23-,25+,26-,27+,29+/m1/s1. The number of nitrogens with zero attached hydrogens (tertiary/aromatic N) is 1. The first-order valence-corrected chi connectivity index (χ1v) is 15.2. The van der Waals surface area contributed by atoms with Gasteiger partial charge in [0.05, 0.1) is 19.8 Å². The van der Waals surface area contributed by atoms with Crippen molar-refractivity contribution >= 4 is 5.97 Å². The predicted octanol–water partition coefficient (Wildman–Crippen LogP) is 4.85. The summed E-state index contributed by atoms with van der Waals surface area (Å²) in [5.41, 5.74) is 1.47. The largest absolute Gasteiger partial charge is 0.492 e. The molecule has 2 N–H and O–H groups in total. The van der Waals surface area contributed by atoms with Crippen LogP contribution in [0.25, 0.3) is 0 Å². The molecule has 7 nitrogen and oxygen atoms in total. The van der Waals surface area contributed by atoms with E-state index in [2.05, 4.69) is 48.2 Å². The number of carbonyl (C=O) groups excluding carboxylic acids is 1. The van der Waals surface area contributed by atoms with Gasteiger partial charge in [0.2, 0.25) is 5.76 Å². The zero-order valence-corrected chi connectivity index (χ0v) is 23.8. The van der Waals surface area contributed by atoms with Crippen LogP contribution in [0.5, 0.6) is 0 Å². The van der Waals surface area contributed by atoms with Gasteiger partial charge in [0.25, 0.3) is 0 Å². The van der Waals surface area contributed by atoms with Crippen LogP contribution in [0.15, 0.2) is 65.0 Å². The molecule has 0 spiro atoms. The Hall–Kier alpha value is -2.61. The van der Waals surface area contributed by atoms with Crippen molar-refractivity contribution in [2.45, 2.75) is 82.9 Å². The monoisotopic (exact) mass is 549 g/mol. The molecule has 3 fully saturated rings. The summed E-state index contributed by atoms with van der Waals surface area (Å²) in [5, 5.41) is 21.5. The molecule has 1 aliphatic carbocycles. The average molecular weight is 550 g/mol. The summed E-state index contributed by atoms with van der Waals surface area (Å²) < 4.78 is 17.6. The summed E-state index contributed by atoms with van der Waals surface area (Å²) in [4.78, 5) is 15.1. The van der Waals surface area contributed by atoms with Crippen molar-refractivity contribution in [3.63, 3.8) is 0 Å². The van der Waals surface area contributed by atoms with Crippen LogP contribution in [-0.4, -0.2) is 59.5 Å². The zero-order valence-electron chi connectivity index (χ0n) is 23.8. The minimum Gasteiger partial charge on any atom is -0.492 e. The molecule has 0 radical (unpaired) electrons. The Balaban J connectivity index is 1.33. The second-order valence-electron chi connectivity index (χ2n) is 12.4. The van der Waals surface area contributed by atoms with Crippen molar-refractivity contribution in [2.75, 3.05) is 20.3 Å². The summed E-state index contributed by atoms with van der Waals surface area (Å²) in [5.74, 6) is 2.61. The number of allylic oxidation sites excluding steroid dienone is 1. The number of benzene rings is 1. The lowest BCUT2D eigenvalue weighted by atomic mass is 9.73. The molecule has 1 saturated carbocycles. The number of aliphatic hydroxyl groups excluding tert-OH is 2. The topological polar surface area (TPSA) is 88.5 Å². The van der Waals surface area contributed by atoms with Crippen LogP contribution in [0.4, 0.5) is 0 Å². The molecule has 5 aliphatic rings. The van der Waals surface area contributed by atoms with Crippen LogP contribution >= 0.6 is 0 Å². The molecule has 216 valence electrons. The summed E-state index contributed by atoms with van der Waals surface area (Å²) in [7, 11) is 1.48. The fourth-order valence-corrected chi connectivity index (χ4v) is 8.17. The van der Waals surface area contributed by atoms with Gasteiger partial charge in [-0.2, -0.15) is 0 Å². The van der Waals surface area contributed by atoms with Gasteiger partial charge in [-0.25, -0.2) is 4.79 Å². The molecule has 6 atom stereocenters. The number of esters is 1. The van der Waals surface area contributed by atoms with Crippen LogP contribution in [0.2, 0.25) is 0 Å². The first-order chi connectivity index (χ1) is 19.5. The first-order valence-electron chi connectivity index (χ1n) is 15.2. The van der Waals surface area contributed by atoms with E-state index >= 15 is 0 Å². The maximum Gasteiger partial charge on any atom is 0.345 e. The second-order valence-corrected chi connectivity index (χ2v) is 12.4. The molecule has 40 heavy (non-hydrogen) atoms. The molecule has 4 aliphatic heterocycles. The number of aliphatic hydroxyl groups is 2. The Bertz CT molecular complexity index is 1180. The van der Waals surface area contributed by atoms with Crippen LogP contribution in [0.1, 0.15) is 63.9 Å². The van der Waals surface area contributed by atoms with Gasteiger partial charge in [0.15, 0.2) is 11.5 Å². The second kappa shape index (κ2) is 11.7. The lowest BCUT2D eigenvalue weighted by Crippen LogP contribution is -2.57. The molecule has 2 saturated heterocycles. The number of piperidine rings is 1. The molecule has 0 unspecified atom stereocenters. The Kier molecular flexibility index (Phi) is 8.07. The van der Waals surface area contributed by atoms with E-state index in [1.54, 1.807) is 0 Å². The maximum absolute atomic E-state index is 12.5. The van der Waals surface area contributed by atoms with Gasteiger partial charge < -0.3 is 24.4 Å². The smallest absolute Gasteiger partial charge is 0.345 e. The fourth-order valence-electron chi connectivity index (χ4n) is 8.17. The molecular weight excluding hydrogens is 506 g/mol. The van der Waals surface area contributed by atoms with Crippen LogP contribution in [0.3, 0.4) is 0 Å². The highest BCUT2D eigenvalue weighted by atomic mass is 16.6. The van der Waals surface area contributed by atoms with E-state index in [9.17, 15) is 15.0 Å². The lowest BCUT2D eigenvalue weighted by molar-refractivity contribution is -0.133. The third-order valence-electron chi connectivity index (χ3n) is 10.0. The van der Waals surface area contributed by atoms with Crippen molar-refractivity contribution in [3.05, 3.63) is 70.6 Å². The summed E-state index contributed by atoms with van der Waals surface area (Å²) in [6.07, 6.45) is 11.7. The van der Waals surface area contributed by atoms with Crippen LogP contribution in [-0.2, 0) is 25.4 Å². The molecule has 7 heteroatoms. The maximum atomic E-state index is 12.5. The van der Waals surface area contributed by atoms with Gasteiger partial charge in [-0.3, -0.25) is 4.90 Å². The minimum atomic E-state index is -0.587. The normalized spacial score (nSPS) is 33.6. The Labute approximate surface area is 237 Å². The highest BCUT2D eigenvalue weighted by Crippen LogP contribution is 2.50. The van der Waals surface area contributed by atoms with E-state index in [1.165, 1.54) is 38.4 Å². The van der Waals surface area contributed by atoms with Crippen molar-refractivity contribution in [1.82, 2.24) is 4.90 Å². The van der Waals surface area contributed by atoms with Gasteiger partial charge in [-0.05, 0) is 55.6 Å². The summed E-state index contributed by atoms with van der Waals surface area (Å²) in [6.45, 7) is 2.60. The number of rotatable bonds is 7. The number of ether oxygens (including phenoxy) is 3. The van der Waals surface area contributed by atoms with Gasteiger partial charge >= 0.3 is 5.97 Å².